The zero-order chi connectivity index (χ0) is 17.1. The van der Waals surface area contributed by atoms with Gasteiger partial charge in [0.2, 0.25) is 0 Å². The molecule has 0 aromatic carbocycles. The van der Waals surface area contributed by atoms with E-state index in [0.717, 1.165) is 45.0 Å². The van der Waals surface area contributed by atoms with Gasteiger partial charge in [0, 0.05) is 58.2 Å². The Balaban J connectivity index is 1.56. The quantitative estimate of drug-likeness (QED) is 0.866. The van der Waals surface area contributed by atoms with Crippen molar-refractivity contribution in [2.45, 2.75) is 26.9 Å². The summed E-state index contributed by atoms with van der Waals surface area (Å²) in [7, 11) is 1.96. The molecule has 5 heteroatoms. The standard InChI is InChI=1S/C19H25N5/c1-15-5-4-6-21-19(15)14-24-9-7-23(8-10-24)13-17-11-18(12-20)22(3)16(17)2/h4-6,11H,7-10,13-14H2,1-3H3. The molecular formula is C19H25N5. The molecule has 1 fully saturated rings. The van der Waals surface area contributed by atoms with Crippen molar-refractivity contribution in [1.82, 2.24) is 19.4 Å². The maximum atomic E-state index is 9.16. The Morgan fingerprint density at radius 2 is 1.79 bits per heavy atom. The molecule has 0 unspecified atom stereocenters. The van der Waals surface area contributed by atoms with Gasteiger partial charge in [-0.3, -0.25) is 14.8 Å². The normalized spacial score (nSPS) is 16.2. The van der Waals surface area contributed by atoms with Crippen LogP contribution in [0, 0.1) is 25.2 Å². The summed E-state index contributed by atoms with van der Waals surface area (Å²) in [4.78, 5) is 9.46. The molecule has 0 aliphatic carbocycles. The van der Waals surface area contributed by atoms with Crippen molar-refractivity contribution in [2.75, 3.05) is 26.2 Å². The molecule has 0 amide bonds. The van der Waals surface area contributed by atoms with Crippen molar-refractivity contribution in [2.24, 2.45) is 7.05 Å². The first-order chi connectivity index (χ1) is 11.6. The second-order valence-electron chi connectivity index (χ2n) is 6.63. The van der Waals surface area contributed by atoms with Crippen molar-refractivity contribution in [3.05, 3.63) is 52.6 Å². The number of hydrogen-bond donors (Lipinski definition) is 0. The highest BCUT2D eigenvalue weighted by molar-refractivity contribution is 5.34. The molecule has 1 aliphatic rings. The van der Waals surface area contributed by atoms with Crippen LogP contribution in [0.4, 0.5) is 0 Å². The van der Waals surface area contributed by atoms with E-state index in [-0.39, 0.29) is 0 Å². The molecule has 5 nitrogen and oxygen atoms in total. The van der Waals surface area contributed by atoms with Crippen LogP contribution in [0.2, 0.25) is 0 Å². The third-order valence-electron chi connectivity index (χ3n) is 5.10. The molecule has 0 saturated carbocycles. The summed E-state index contributed by atoms with van der Waals surface area (Å²) in [5, 5.41) is 9.16. The van der Waals surface area contributed by atoms with Crippen LogP contribution in [0.5, 0.6) is 0 Å². The lowest BCUT2D eigenvalue weighted by atomic mass is 10.2. The van der Waals surface area contributed by atoms with Gasteiger partial charge in [0.05, 0.1) is 5.69 Å². The number of aromatic nitrogens is 2. The van der Waals surface area contributed by atoms with Crippen LogP contribution in [0.3, 0.4) is 0 Å². The molecule has 1 aliphatic heterocycles. The summed E-state index contributed by atoms with van der Waals surface area (Å²) in [6, 6.07) is 8.41. The van der Waals surface area contributed by atoms with E-state index in [9.17, 15) is 0 Å². The zero-order valence-corrected chi connectivity index (χ0v) is 14.8. The fraction of sp³-hybridized carbons (Fsp3) is 0.474. The van der Waals surface area contributed by atoms with E-state index in [1.54, 1.807) is 0 Å². The van der Waals surface area contributed by atoms with Gasteiger partial charge < -0.3 is 4.57 Å². The highest BCUT2D eigenvalue weighted by Crippen LogP contribution is 2.17. The number of nitrogens with zero attached hydrogens (tertiary/aromatic N) is 5. The van der Waals surface area contributed by atoms with Gasteiger partial charge in [-0.05, 0) is 37.1 Å². The maximum absolute atomic E-state index is 9.16. The first kappa shape index (κ1) is 16.7. The van der Waals surface area contributed by atoms with Crippen LogP contribution in [0.1, 0.15) is 28.2 Å². The van der Waals surface area contributed by atoms with Crippen LogP contribution in [0.15, 0.2) is 24.4 Å². The predicted octanol–water partition coefficient (Wildman–Crippen LogP) is 2.23. The maximum Gasteiger partial charge on any atom is 0.120 e. The Labute approximate surface area is 144 Å². The molecule has 24 heavy (non-hydrogen) atoms. The van der Waals surface area contributed by atoms with E-state index >= 15 is 0 Å². The summed E-state index contributed by atoms with van der Waals surface area (Å²) in [5.41, 5.74) is 5.65. The lowest BCUT2D eigenvalue weighted by Gasteiger charge is -2.34. The number of piperazine rings is 1. The minimum absolute atomic E-state index is 0.742. The van der Waals surface area contributed by atoms with E-state index in [0.29, 0.717) is 0 Å². The number of pyridine rings is 1. The fourth-order valence-corrected chi connectivity index (χ4v) is 3.27. The third-order valence-corrected chi connectivity index (χ3v) is 5.10. The smallest absolute Gasteiger partial charge is 0.120 e. The van der Waals surface area contributed by atoms with Gasteiger partial charge in [-0.25, -0.2) is 0 Å². The van der Waals surface area contributed by atoms with Crippen molar-refractivity contribution >= 4 is 0 Å². The van der Waals surface area contributed by atoms with Crippen molar-refractivity contribution in [1.29, 1.82) is 5.26 Å². The molecule has 3 heterocycles. The van der Waals surface area contributed by atoms with Crippen molar-refractivity contribution in [3.63, 3.8) is 0 Å². The molecule has 0 bridgehead atoms. The summed E-state index contributed by atoms with van der Waals surface area (Å²) in [6.07, 6.45) is 1.88. The second-order valence-corrected chi connectivity index (χ2v) is 6.63. The minimum Gasteiger partial charge on any atom is -0.340 e. The lowest BCUT2D eigenvalue weighted by molar-refractivity contribution is 0.120. The van der Waals surface area contributed by atoms with Crippen LogP contribution >= 0.6 is 0 Å². The Morgan fingerprint density at radius 3 is 2.38 bits per heavy atom. The molecule has 2 aromatic rings. The average molecular weight is 323 g/mol. The van der Waals surface area contributed by atoms with Crippen molar-refractivity contribution in [3.8, 4) is 6.07 Å². The molecule has 0 N–H and O–H groups in total. The minimum atomic E-state index is 0.742. The number of hydrogen-bond acceptors (Lipinski definition) is 4. The van der Waals surface area contributed by atoms with Crippen LogP contribution in [-0.4, -0.2) is 45.5 Å². The van der Waals surface area contributed by atoms with Crippen molar-refractivity contribution < 1.29 is 0 Å². The average Bonchev–Trinajstić information content (AvgIpc) is 2.86. The van der Waals surface area contributed by atoms with Crippen LogP contribution in [0.25, 0.3) is 0 Å². The van der Waals surface area contributed by atoms with Gasteiger partial charge in [-0.1, -0.05) is 6.07 Å². The van der Waals surface area contributed by atoms with Crippen LogP contribution < -0.4 is 0 Å². The second kappa shape index (κ2) is 7.16. The molecule has 3 rings (SSSR count). The number of nitriles is 1. The first-order valence-corrected chi connectivity index (χ1v) is 8.49. The first-order valence-electron chi connectivity index (χ1n) is 8.49. The lowest BCUT2D eigenvalue weighted by Crippen LogP contribution is -2.45. The number of aryl methyl sites for hydroxylation is 1. The van der Waals surface area contributed by atoms with Gasteiger partial charge in [-0.15, -0.1) is 0 Å². The summed E-state index contributed by atoms with van der Waals surface area (Å²) in [6.45, 7) is 10.3. The number of rotatable bonds is 4. The predicted molar refractivity (Wildman–Crippen MR) is 94.4 cm³/mol. The van der Waals surface area contributed by atoms with Gasteiger partial charge in [0.15, 0.2) is 0 Å². The Morgan fingerprint density at radius 1 is 1.12 bits per heavy atom. The Kier molecular flexibility index (Phi) is 4.98. The topological polar surface area (TPSA) is 48.1 Å². The van der Waals surface area contributed by atoms with Gasteiger partial charge in [0.25, 0.3) is 0 Å². The Bertz CT molecular complexity index is 748. The zero-order valence-electron chi connectivity index (χ0n) is 14.8. The molecule has 0 radical (unpaired) electrons. The van der Waals surface area contributed by atoms with Gasteiger partial charge in [-0.2, -0.15) is 5.26 Å². The van der Waals surface area contributed by atoms with E-state index in [1.165, 1.54) is 22.5 Å². The molecule has 0 atom stereocenters. The summed E-state index contributed by atoms with van der Waals surface area (Å²) >= 11 is 0. The third kappa shape index (κ3) is 3.50. The molecule has 2 aromatic heterocycles. The largest absolute Gasteiger partial charge is 0.340 e. The van der Waals surface area contributed by atoms with Crippen LogP contribution in [-0.2, 0) is 20.1 Å². The molecule has 1 saturated heterocycles. The molecular weight excluding hydrogens is 298 g/mol. The van der Waals surface area contributed by atoms with Gasteiger partial charge >= 0.3 is 0 Å². The van der Waals surface area contributed by atoms with E-state index in [2.05, 4.69) is 40.8 Å². The summed E-state index contributed by atoms with van der Waals surface area (Å²) in [5.74, 6) is 0. The van der Waals surface area contributed by atoms with E-state index in [1.807, 2.05) is 29.9 Å². The Hall–Kier alpha value is -2.16. The molecule has 126 valence electrons. The van der Waals surface area contributed by atoms with E-state index in [4.69, 9.17) is 5.26 Å². The van der Waals surface area contributed by atoms with Gasteiger partial charge in [0.1, 0.15) is 11.8 Å². The highest BCUT2D eigenvalue weighted by Gasteiger charge is 2.19. The fourth-order valence-electron chi connectivity index (χ4n) is 3.27. The molecule has 0 spiro atoms. The SMILES string of the molecule is Cc1cccnc1CN1CCN(Cc2cc(C#N)n(C)c2C)CC1. The monoisotopic (exact) mass is 323 g/mol. The van der Waals surface area contributed by atoms with E-state index < -0.39 is 0 Å². The summed E-state index contributed by atoms with van der Waals surface area (Å²) < 4.78 is 1.98. The highest BCUT2D eigenvalue weighted by atomic mass is 15.3.